The Labute approximate surface area is 128 Å². The fourth-order valence-electron chi connectivity index (χ4n) is 2.76. The van der Waals surface area contributed by atoms with Crippen LogP contribution < -0.4 is 10.1 Å². The third kappa shape index (κ3) is 4.70. The van der Waals surface area contributed by atoms with E-state index in [0.717, 1.165) is 51.6 Å². The van der Waals surface area contributed by atoms with E-state index in [0.29, 0.717) is 6.04 Å². The molecule has 0 aliphatic carbocycles. The van der Waals surface area contributed by atoms with Gasteiger partial charge in [-0.1, -0.05) is 24.6 Å². The molecule has 0 spiro atoms. The normalized spacial score (nSPS) is 17.7. The number of nitrogens with zero attached hydrogens (tertiary/aromatic N) is 1. The second-order valence-electron chi connectivity index (χ2n) is 5.67. The molecular formula is C17H28N2O2. The largest absolute Gasteiger partial charge is 0.496 e. The summed E-state index contributed by atoms with van der Waals surface area (Å²) in [6.45, 7) is 10.1. The lowest BCUT2D eigenvalue weighted by atomic mass is 10.0. The Kier molecular flexibility index (Phi) is 6.49. The van der Waals surface area contributed by atoms with Gasteiger partial charge < -0.3 is 14.8 Å². The summed E-state index contributed by atoms with van der Waals surface area (Å²) in [7, 11) is 1.75. The van der Waals surface area contributed by atoms with Crippen LogP contribution in [-0.4, -0.2) is 51.4 Å². The summed E-state index contributed by atoms with van der Waals surface area (Å²) < 4.78 is 11.0. The minimum Gasteiger partial charge on any atom is -0.496 e. The highest BCUT2D eigenvalue weighted by molar-refractivity contribution is 5.39. The van der Waals surface area contributed by atoms with E-state index in [1.807, 2.05) is 0 Å². The van der Waals surface area contributed by atoms with E-state index >= 15 is 0 Å². The monoisotopic (exact) mass is 292 g/mol. The van der Waals surface area contributed by atoms with E-state index in [1.165, 1.54) is 11.1 Å². The number of benzene rings is 1. The molecule has 1 atom stereocenters. The van der Waals surface area contributed by atoms with E-state index in [9.17, 15) is 0 Å². The van der Waals surface area contributed by atoms with Crippen molar-refractivity contribution in [2.75, 3.05) is 46.5 Å². The van der Waals surface area contributed by atoms with Gasteiger partial charge in [0.1, 0.15) is 5.75 Å². The molecule has 0 amide bonds. The van der Waals surface area contributed by atoms with Gasteiger partial charge in [0, 0.05) is 31.2 Å². The molecule has 1 N–H and O–H groups in total. The Bertz CT molecular complexity index is 431. The number of methoxy groups -OCH3 is 1. The third-order valence-electron chi connectivity index (χ3n) is 3.95. The van der Waals surface area contributed by atoms with Crippen molar-refractivity contribution in [2.45, 2.75) is 26.3 Å². The van der Waals surface area contributed by atoms with E-state index in [4.69, 9.17) is 9.47 Å². The van der Waals surface area contributed by atoms with E-state index in [2.05, 4.69) is 42.3 Å². The molecule has 1 unspecified atom stereocenters. The predicted octanol–water partition coefficient (Wildman–Crippen LogP) is 2.38. The molecule has 1 aliphatic rings. The summed E-state index contributed by atoms with van der Waals surface area (Å²) in [6, 6.07) is 6.73. The number of nitrogens with one attached hydrogen (secondary N) is 1. The summed E-state index contributed by atoms with van der Waals surface area (Å²) in [5.41, 5.74) is 2.54. The SMILES string of the molecule is CCCNC(CN1CCOCC1)c1cc(C)ccc1OC. The van der Waals surface area contributed by atoms with Crippen LogP contribution in [0.25, 0.3) is 0 Å². The quantitative estimate of drug-likeness (QED) is 0.836. The van der Waals surface area contributed by atoms with Crippen LogP contribution in [0, 0.1) is 6.92 Å². The number of rotatable bonds is 7. The Balaban J connectivity index is 2.15. The van der Waals surface area contributed by atoms with E-state index in [1.54, 1.807) is 7.11 Å². The van der Waals surface area contributed by atoms with Gasteiger partial charge in [-0.3, -0.25) is 4.90 Å². The third-order valence-corrected chi connectivity index (χ3v) is 3.95. The zero-order valence-electron chi connectivity index (χ0n) is 13.5. The van der Waals surface area contributed by atoms with Gasteiger partial charge in [0.2, 0.25) is 0 Å². The van der Waals surface area contributed by atoms with Gasteiger partial charge >= 0.3 is 0 Å². The van der Waals surface area contributed by atoms with Crippen molar-refractivity contribution in [3.05, 3.63) is 29.3 Å². The van der Waals surface area contributed by atoms with E-state index < -0.39 is 0 Å². The topological polar surface area (TPSA) is 33.7 Å². The summed E-state index contributed by atoms with van der Waals surface area (Å²) in [6.07, 6.45) is 1.13. The molecule has 0 saturated carbocycles. The number of hydrogen-bond acceptors (Lipinski definition) is 4. The van der Waals surface area contributed by atoms with Gasteiger partial charge in [-0.25, -0.2) is 0 Å². The first kappa shape index (κ1) is 16.3. The molecule has 1 aliphatic heterocycles. The number of ether oxygens (including phenoxy) is 2. The van der Waals surface area contributed by atoms with Crippen LogP contribution in [0.4, 0.5) is 0 Å². The van der Waals surface area contributed by atoms with Gasteiger partial charge in [-0.05, 0) is 26.0 Å². The Morgan fingerprint density at radius 3 is 2.76 bits per heavy atom. The molecule has 118 valence electrons. The molecule has 1 fully saturated rings. The molecule has 1 heterocycles. The highest BCUT2D eigenvalue weighted by atomic mass is 16.5. The second-order valence-corrected chi connectivity index (χ2v) is 5.67. The highest BCUT2D eigenvalue weighted by Gasteiger charge is 2.20. The lowest BCUT2D eigenvalue weighted by Gasteiger charge is -2.31. The van der Waals surface area contributed by atoms with Crippen molar-refractivity contribution < 1.29 is 9.47 Å². The average Bonchev–Trinajstić information content (AvgIpc) is 2.52. The van der Waals surface area contributed by atoms with Crippen LogP contribution >= 0.6 is 0 Å². The molecule has 4 heteroatoms. The lowest BCUT2D eigenvalue weighted by Crippen LogP contribution is -2.42. The summed E-state index contributed by atoms with van der Waals surface area (Å²) in [5.74, 6) is 0.975. The standard InChI is InChI=1S/C17H28N2O2/c1-4-7-18-16(13-19-8-10-21-11-9-19)15-12-14(2)5-6-17(15)20-3/h5-6,12,16,18H,4,7-11,13H2,1-3H3. The average molecular weight is 292 g/mol. The minimum atomic E-state index is 0.304. The molecule has 0 bridgehead atoms. The van der Waals surface area contributed by atoms with Crippen LogP contribution in [0.1, 0.15) is 30.5 Å². The first-order chi connectivity index (χ1) is 10.2. The van der Waals surface area contributed by atoms with Crippen LogP contribution in [0.5, 0.6) is 5.75 Å². The fourth-order valence-corrected chi connectivity index (χ4v) is 2.76. The highest BCUT2D eigenvalue weighted by Crippen LogP contribution is 2.27. The van der Waals surface area contributed by atoms with Gasteiger partial charge in [0.05, 0.1) is 20.3 Å². The molecule has 21 heavy (non-hydrogen) atoms. The molecular weight excluding hydrogens is 264 g/mol. The maximum atomic E-state index is 5.57. The van der Waals surface area contributed by atoms with Gasteiger partial charge in [-0.2, -0.15) is 0 Å². The fraction of sp³-hybridized carbons (Fsp3) is 0.647. The smallest absolute Gasteiger partial charge is 0.123 e. The molecule has 1 aromatic rings. The molecule has 2 rings (SSSR count). The molecule has 1 saturated heterocycles. The first-order valence-corrected chi connectivity index (χ1v) is 7.92. The first-order valence-electron chi connectivity index (χ1n) is 7.92. The molecule has 4 nitrogen and oxygen atoms in total. The number of morpholine rings is 1. The van der Waals surface area contributed by atoms with Crippen molar-refractivity contribution >= 4 is 0 Å². The number of hydrogen-bond donors (Lipinski definition) is 1. The van der Waals surface area contributed by atoms with E-state index in [-0.39, 0.29) is 0 Å². The summed E-state index contributed by atoms with van der Waals surface area (Å²) in [5, 5.41) is 3.67. The van der Waals surface area contributed by atoms with Crippen LogP contribution in [-0.2, 0) is 4.74 Å². The Morgan fingerprint density at radius 2 is 2.10 bits per heavy atom. The molecule has 1 aromatic carbocycles. The van der Waals surface area contributed by atoms with Gasteiger partial charge in [0.15, 0.2) is 0 Å². The van der Waals surface area contributed by atoms with Crippen LogP contribution in [0.15, 0.2) is 18.2 Å². The van der Waals surface area contributed by atoms with Crippen molar-refractivity contribution in [3.8, 4) is 5.75 Å². The van der Waals surface area contributed by atoms with Crippen molar-refractivity contribution in [1.82, 2.24) is 10.2 Å². The Hall–Kier alpha value is -1.10. The van der Waals surface area contributed by atoms with Crippen LogP contribution in [0.2, 0.25) is 0 Å². The molecule has 0 radical (unpaired) electrons. The predicted molar refractivity (Wildman–Crippen MR) is 86.0 cm³/mol. The zero-order valence-corrected chi connectivity index (χ0v) is 13.5. The van der Waals surface area contributed by atoms with Crippen molar-refractivity contribution in [1.29, 1.82) is 0 Å². The maximum absolute atomic E-state index is 5.57. The number of aryl methyl sites for hydroxylation is 1. The summed E-state index contributed by atoms with van der Waals surface area (Å²) >= 11 is 0. The van der Waals surface area contributed by atoms with Crippen LogP contribution in [0.3, 0.4) is 0 Å². The molecule has 0 aromatic heterocycles. The van der Waals surface area contributed by atoms with Gasteiger partial charge in [0.25, 0.3) is 0 Å². The maximum Gasteiger partial charge on any atom is 0.123 e. The van der Waals surface area contributed by atoms with Crippen molar-refractivity contribution in [2.24, 2.45) is 0 Å². The second kappa shape index (κ2) is 8.37. The minimum absolute atomic E-state index is 0.304. The lowest BCUT2D eigenvalue weighted by molar-refractivity contribution is 0.0333. The Morgan fingerprint density at radius 1 is 1.33 bits per heavy atom. The van der Waals surface area contributed by atoms with Gasteiger partial charge in [-0.15, -0.1) is 0 Å². The summed E-state index contributed by atoms with van der Waals surface area (Å²) in [4.78, 5) is 2.47. The zero-order chi connectivity index (χ0) is 15.1. The van der Waals surface area contributed by atoms with Crippen molar-refractivity contribution in [3.63, 3.8) is 0 Å².